The monoisotopic (exact) mass is 223 g/mol. The Kier molecular flexibility index (Phi) is 2.37. The van der Waals surface area contributed by atoms with Gasteiger partial charge < -0.3 is 4.57 Å². The smallest absolute Gasteiger partial charge is 0.105 e. The number of aryl methyl sites for hydroxylation is 1. The molecule has 17 heavy (non-hydrogen) atoms. The molecule has 0 N–H and O–H groups in total. The highest BCUT2D eigenvalue weighted by Gasteiger charge is 2.00. The van der Waals surface area contributed by atoms with E-state index in [1.54, 1.807) is 0 Å². The number of nitrogens with zero attached hydrogens (tertiary/aromatic N) is 3. The molecule has 2 heterocycles. The minimum Gasteiger partial charge on any atom is -0.331 e. The zero-order valence-corrected chi connectivity index (χ0v) is 9.67. The van der Waals surface area contributed by atoms with Crippen LogP contribution in [0.3, 0.4) is 0 Å². The molecule has 0 saturated heterocycles. The highest BCUT2D eigenvalue weighted by Crippen LogP contribution is 2.14. The zero-order valence-electron chi connectivity index (χ0n) is 9.67. The van der Waals surface area contributed by atoms with E-state index in [0.29, 0.717) is 0 Å². The number of pyridine rings is 1. The van der Waals surface area contributed by atoms with Gasteiger partial charge in [-0.3, -0.25) is 4.98 Å². The molecule has 0 bridgehead atoms. The largest absolute Gasteiger partial charge is 0.331 e. The van der Waals surface area contributed by atoms with Gasteiger partial charge >= 0.3 is 0 Å². The first-order chi connectivity index (χ1) is 8.33. The lowest BCUT2D eigenvalue weighted by atomic mass is 10.1. The van der Waals surface area contributed by atoms with Gasteiger partial charge in [-0.05, 0) is 30.7 Å². The molecule has 0 saturated carbocycles. The molecular weight excluding hydrogens is 210 g/mol. The topological polar surface area (TPSA) is 30.7 Å². The summed E-state index contributed by atoms with van der Waals surface area (Å²) in [6, 6.07) is 10.4. The van der Waals surface area contributed by atoms with Crippen LogP contribution in [-0.2, 0) is 6.54 Å². The van der Waals surface area contributed by atoms with E-state index in [-0.39, 0.29) is 0 Å². The van der Waals surface area contributed by atoms with Gasteiger partial charge in [0, 0.05) is 30.5 Å². The van der Waals surface area contributed by atoms with E-state index in [1.807, 2.05) is 31.6 Å². The summed E-state index contributed by atoms with van der Waals surface area (Å²) in [4.78, 5) is 8.54. The Morgan fingerprint density at radius 3 is 2.88 bits per heavy atom. The third kappa shape index (κ3) is 1.91. The first-order valence-electron chi connectivity index (χ1n) is 5.64. The Balaban J connectivity index is 1.99. The molecule has 0 aliphatic heterocycles. The molecule has 1 aromatic carbocycles. The summed E-state index contributed by atoms with van der Waals surface area (Å²) in [6.07, 6.45) is 5.66. The molecule has 0 spiro atoms. The van der Waals surface area contributed by atoms with Gasteiger partial charge in [0.15, 0.2) is 0 Å². The van der Waals surface area contributed by atoms with E-state index in [2.05, 4.69) is 38.8 Å². The number of hydrogen-bond acceptors (Lipinski definition) is 2. The van der Waals surface area contributed by atoms with Crippen molar-refractivity contribution < 1.29 is 0 Å². The normalized spacial score (nSPS) is 10.9. The molecule has 3 rings (SSSR count). The van der Waals surface area contributed by atoms with Gasteiger partial charge in [-0.1, -0.05) is 12.1 Å². The van der Waals surface area contributed by atoms with Crippen LogP contribution in [0.2, 0.25) is 0 Å². The fourth-order valence-electron chi connectivity index (χ4n) is 1.99. The summed E-state index contributed by atoms with van der Waals surface area (Å²) in [5, 5.41) is 1.18. The summed E-state index contributed by atoms with van der Waals surface area (Å²) in [6.45, 7) is 2.87. The number of rotatable bonds is 2. The van der Waals surface area contributed by atoms with Crippen LogP contribution >= 0.6 is 0 Å². The lowest BCUT2D eigenvalue weighted by Gasteiger charge is -2.06. The van der Waals surface area contributed by atoms with Crippen LogP contribution in [0.1, 0.15) is 11.4 Å². The van der Waals surface area contributed by atoms with Crippen LogP contribution in [-0.4, -0.2) is 14.5 Å². The first-order valence-corrected chi connectivity index (χ1v) is 5.64. The van der Waals surface area contributed by atoms with E-state index in [9.17, 15) is 0 Å². The van der Waals surface area contributed by atoms with Crippen molar-refractivity contribution >= 4 is 10.9 Å². The van der Waals surface area contributed by atoms with Crippen LogP contribution in [0.25, 0.3) is 10.9 Å². The third-order valence-electron chi connectivity index (χ3n) is 2.94. The summed E-state index contributed by atoms with van der Waals surface area (Å²) >= 11 is 0. The number of benzene rings is 1. The number of aromatic nitrogens is 3. The van der Waals surface area contributed by atoms with Crippen molar-refractivity contribution in [1.29, 1.82) is 0 Å². The van der Waals surface area contributed by atoms with Crippen LogP contribution in [0.4, 0.5) is 0 Å². The van der Waals surface area contributed by atoms with Gasteiger partial charge in [0.2, 0.25) is 0 Å². The van der Waals surface area contributed by atoms with Crippen molar-refractivity contribution in [3.63, 3.8) is 0 Å². The molecule has 84 valence electrons. The summed E-state index contributed by atoms with van der Waals surface area (Å²) < 4.78 is 2.14. The lowest BCUT2D eigenvalue weighted by Crippen LogP contribution is -2.00. The van der Waals surface area contributed by atoms with Crippen molar-refractivity contribution in [3.05, 3.63) is 60.3 Å². The van der Waals surface area contributed by atoms with Crippen LogP contribution in [0, 0.1) is 6.92 Å². The Morgan fingerprint density at radius 1 is 1.12 bits per heavy atom. The zero-order chi connectivity index (χ0) is 11.7. The van der Waals surface area contributed by atoms with Gasteiger partial charge in [-0.2, -0.15) is 0 Å². The maximum atomic E-state index is 4.32. The van der Waals surface area contributed by atoms with Gasteiger partial charge in [0.05, 0.1) is 5.52 Å². The van der Waals surface area contributed by atoms with E-state index in [0.717, 1.165) is 17.9 Å². The third-order valence-corrected chi connectivity index (χ3v) is 2.94. The Hall–Kier alpha value is -2.16. The predicted octanol–water partition coefficient (Wildman–Crippen LogP) is 2.79. The highest BCUT2D eigenvalue weighted by atomic mass is 15.0. The maximum Gasteiger partial charge on any atom is 0.105 e. The van der Waals surface area contributed by atoms with Gasteiger partial charge in [0.25, 0.3) is 0 Å². The Labute approximate surface area is 99.8 Å². The van der Waals surface area contributed by atoms with Crippen molar-refractivity contribution in [1.82, 2.24) is 14.5 Å². The molecule has 3 aromatic rings. The Morgan fingerprint density at radius 2 is 2.06 bits per heavy atom. The van der Waals surface area contributed by atoms with Crippen molar-refractivity contribution in [3.8, 4) is 0 Å². The fraction of sp³-hybridized carbons (Fsp3) is 0.143. The number of fused-ring (bicyclic) bond motifs is 1. The molecule has 3 nitrogen and oxygen atoms in total. The molecule has 0 aliphatic rings. The molecule has 0 fully saturated rings. The summed E-state index contributed by atoms with van der Waals surface area (Å²) in [7, 11) is 0. The molecule has 0 unspecified atom stereocenters. The van der Waals surface area contributed by atoms with Crippen LogP contribution in [0.15, 0.2) is 48.9 Å². The average molecular weight is 223 g/mol. The first kappa shape index (κ1) is 10.0. The standard InChI is InChI=1S/C14H13N3/c1-11-15-7-8-17(11)10-12-4-5-14-13(9-12)3-2-6-16-14/h2-9H,10H2,1H3. The second kappa shape index (κ2) is 4.01. The molecule has 2 aromatic heterocycles. The van der Waals surface area contributed by atoms with E-state index in [4.69, 9.17) is 0 Å². The summed E-state index contributed by atoms with van der Waals surface area (Å²) in [5.74, 6) is 1.04. The quantitative estimate of drug-likeness (QED) is 0.668. The molecule has 0 radical (unpaired) electrons. The van der Waals surface area contributed by atoms with Gasteiger partial charge in [-0.25, -0.2) is 4.98 Å². The second-order valence-corrected chi connectivity index (χ2v) is 4.13. The number of hydrogen-bond donors (Lipinski definition) is 0. The van der Waals surface area contributed by atoms with E-state index >= 15 is 0 Å². The molecule has 3 heteroatoms. The van der Waals surface area contributed by atoms with E-state index < -0.39 is 0 Å². The van der Waals surface area contributed by atoms with E-state index in [1.165, 1.54) is 10.9 Å². The lowest BCUT2D eigenvalue weighted by molar-refractivity contribution is 0.762. The Bertz CT molecular complexity index is 655. The van der Waals surface area contributed by atoms with Crippen molar-refractivity contribution in [2.75, 3.05) is 0 Å². The van der Waals surface area contributed by atoms with Crippen LogP contribution < -0.4 is 0 Å². The fourth-order valence-corrected chi connectivity index (χ4v) is 1.99. The maximum absolute atomic E-state index is 4.32. The van der Waals surface area contributed by atoms with Gasteiger partial charge in [-0.15, -0.1) is 0 Å². The minimum absolute atomic E-state index is 0.858. The second-order valence-electron chi connectivity index (χ2n) is 4.13. The average Bonchev–Trinajstić information content (AvgIpc) is 2.75. The molecule has 0 atom stereocenters. The van der Waals surface area contributed by atoms with Crippen LogP contribution in [0.5, 0.6) is 0 Å². The SMILES string of the molecule is Cc1nccn1Cc1ccc2ncccc2c1. The molecule has 0 amide bonds. The number of imidazole rings is 1. The van der Waals surface area contributed by atoms with Gasteiger partial charge in [0.1, 0.15) is 5.82 Å². The molecule has 0 aliphatic carbocycles. The van der Waals surface area contributed by atoms with Crippen molar-refractivity contribution in [2.45, 2.75) is 13.5 Å². The highest BCUT2D eigenvalue weighted by molar-refractivity contribution is 5.78. The molecular formula is C14H13N3. The minimum atomic E-state index is 0.858. The predicted molar refractivity (Wildman–Crippen MR) is 67.8 cm³/mol. The summed E-state index contributed by atoms with van der Waals surface area (Å²) in [5.41, 5.74) is 2.31. The van der Waals surface area contributed by atoms with Crippen molar-refractivity contribution in [2.24, 2.45) is 0 Å².